The molecule has 0 fully saturated rings. The summed E-state index contributed by atoms with van der Waals surface area (Å²) >= 11 is 5.93. The summed E-state index contributed by atoms with van der Waals surface area (Å²) in [5.74, 6) is -0.531. The maximum atomic E-state index is 13.1. The fourth-order valence-electron chi connectivity index (χ4n) is 2.22. The lowest BCUT2D eigenvalue weighted by molar-refractivity contribution is 0.0973. The van der Waals surface area contributed by atoms with Crippen molar-refractivity contribution in [1.29, 1.82) is 0 Å². The number of ketones is 1. The first kappa shape index (κ1) is 12.9. The Balaban J connectivity index is 1.91. The summed E-state index contributed by atoms with van der Waals surface area (Å²) < 4.78 is 15.0. The van der Waals surface area contributed by atoms with Gasteiger partial charge in [0.1, 0.15) is 5.82 Å². The molecule has 3 aromatic rings. The second-order valence-corrected chi connectivity index (χ2v) is 5.02. The molecular weight excluding hydrogens is 277 g/mol. The van der Waals surface area contributed by atoms with Crippen molar-refractivity contribution in [2.75, 3.05) is 0 Å². The SMILES string of the molecule is O=C(Cn1ccc2cc(Cl)ccc21)c1cccc(F)c1. The highest BCUT2D eigenvalue weighted by molar-refractivity contribution is 6.31. The van der Waals surface area contributed by atoms with Gasteiger partial charge in [-0.25, -0.2) is 4.39 Å². The number of halogens is 2. The second kappa shape index (κ2) is 5.10. The molecule has 0 aliphatic rings. The highest BCUT2D eigenvalue weighted by Gasteiger charge is 2.09. The fraction of sp³-hybridized carbons (Fsp3) is 0.0625. The van der Waals surface area contributed by atoms with Crippen molar-refractivity contribution in [3.05, 3.63) is 71.1 Å². The Kier molecular flexibility index (Phi) is 3.28. The smallest absolute Gasteiger partial charge is 0.182 e. The van der Waals surface area contributed by atoms with Gasteiger partial charge in [0.25, 0.3) is 0 Å². The van der Waals surface area contributed by atoms with Gasteiger partial charge in [-0.15, -0.1) is 0 Å². The van der Waals surface area contributed by atoms with Crippen LogP contribution in [0, 0.1) is 5.82 Å². The molecule has 1 heterocycles. The molecule has 0 saturated heterocycles. The number of fused-ring (bicyclic) bond motifs is 1. The Morgan fingerprint density at radius 1 is 1.15 bits per heavy atom. The Hall–Kier alpha value is -2.13. The van der Waals surface area contributed by atoms with E-state index in [4.69, 9.17) is 11.6 Å². The van der Waals surface area contributed by atoms with E-state index in [2.05, 4.69) is 0 Å². The minimum absolute atomic E-state index is 0.128. The predicted octanol–water partition coefficient (Wildman–Crippen LogP) is 4.32. The van der Waals surface area contributed by atoms with Crippen LogP contribution in [-0.4, -0.2) is 10.4 Å². The fourth-order valence-corrected chi connectivity index (χ4v) is 2.40. The number of Topliss-reactive ketones (excluding diaryl/α,β-unsaturated/α-hetero) is 1. The van der Waals surface area contributed by atoms with E-state index in [0.29, 0.717) is 10.6 Å². The molecule has 0 radical (unpaired) electrons. The summed E-state index contributed by atoms with van der Waals surface area (Å²) in [6.45, 7) is 0.175. The molecule has 4 heteroatoms. The van der Waals surface area contributed by atoms with Crippen molar-refractivity contribution in [3.63, 3.8) is 0 Å². The number of nitrogens with zero attached hydrogens (tertiary/aromatic N) is 1. The van der Waals surface area contributed by atoms with E-state index >= 15 is 0 Å². The number of benzene rings is 2. The lowest BCUT2D eigenvalue weighted by Gasteiger charge is -2.05. The number of carbonyl (C=O) groups is 1. The maximum Gasteiger partial charge on any atom is 0.182 e. The molecule has 20 heavy (non-hydrogen) atoms. The van der Waals surface area contributed by atoms with Crippen molar-refractivity contribution in [1.82, 2.24) is 4.57 Å². The highest BCUT2D eigenvalue weighted by Crippen LogP contribution is 2.21. The van der Waals surface area contributed by atoms with Crippen molar-refractivity contribution < 1.29 is 9.18 Å². The van der Waals surface area contributed by atoms with Crippen molar-refractivity contribution in [2.45, 2.75) is 6.54 Å². The van der Waals surface area contributed by atoms with E-state index in [0.717, 1.165) is 10.9 Å². The van der Waals surface area contributed by atoms with Crippen LogP contribution in [0.15, 0.2) is 54.7 Å². The van der Waals surface area contributed by atoms with Gasteiger partial charge in [0.05, 0.1) is 6.54 Å². The molecule has 100 valence electrons. The van der Waals surface area contributed by atoms with Crippen LogP contribution in [0.3, 0.4) is 0 Å². The predicted molar refractivity (Wildman–Crippen MR) is 77.7 cm³/mol. The van der Waals surface area contributed by atoms with Gasteiger partial charge in [0.2, 0.25) is 0 Å². The van der Waals surface area contributed by atoms with Gasteiger partial charge < -0.3 is 4.57 Å². The lowest BCUT2D eigenvalue weighted by atomic mass is 10.1. The minimum Gasteiger partial charge on any atom is -0.340 e. The number of carbonyl (C=O) groups excluding carboxylic acids is 1. The molecule has 2 aromatic carbocycles. The van der Waals surface area contributed by atoms with Crippen LogP contribution in [0.5, 0.6) is 0 Å². The molecule has 3 rings (SSSR count). The zero-order valence-electron chi connectivity index (χ0n) is 10.5. The van der Waals surface area contributed by atoms with Crippen LogP contribution < -0.4 is 0 Å². The molecule has 0 aliphatic heterocycles. The summed E-state index contributed by atoms with van der Waals surface area (Å²) in [7, 11) is 0. The first-order valence-corrected chi connectivity index (χ1v) is 6.54. The molecule has 0 saturated carbocycles. The summed E-state index contributed by atoms with van der Waals surface area (Å²) in [5, 5.41) is 1.64. The van der Waals surface area contributed by atoms with Crippen molar-refractivity contribution >= 4 is 28.3 Å². The summed E-state index contributed by atoms with van der Waals surface area (Å²) in [5.41, 5.74) is 1.31. The number of hydrogen-bond acceptors (Lipinski definition) is 1. The van der Waals surface area contributed by atoms with Crippen LogP contribution in [0.1, 0.15) is 10.4 Å². The Labute approximate surface area is 120 Å². The van der Waals surface area contributed by atoms with E-state index < -0.39 is 5.82 Å². The highest BCUT2D eigenvalue weighted by atomic mass is 35.5. The Bertz CT molecular complexity index is 794. The van der Waals surface area contributed by atoms with E-state index in [-0.39, 0.29) is 12.3 Å². The third-order valence-corrected chi connectivity index (χ3v) is 3.43. The molecule has 0 unspecified atom stereocenters. The van der Waals surface area contributed by atoms with Crippen LogP contribution >= 0.6 is 11.6 Å². The number of rotatable bonds is 3. The Morgan fingerprint density at radius 3 is 2.80 bits per heavy atom. The molecule has 0 atom stereocenters. The van der Waals surface area contributed by atoms with E-state index in [1.165, 1.54) is 18.2 Å². The molecule has 0 N–H and O–H groups in total. The third-order valence-electron chi connectivity index (χ3n) is 3.19. The van der Waals surface area contributed by atoms with Gasteiger partial charge in [-0.05, 0) is 36.4 Å². The van der Waals surface area contributed by atoms with Crippen LogP contribution in [0.25, 0.3) is 10.9 Å². The molecule has 1 aromatic heterocycles. The largest absolute Gasteiger partial charge is 0.340 e. The molecule has 0 aliphatic carbocycles. The second-order valence-electron chi connectivity index (χ2n) is 4.58. The normalized spacial score (nSPS) is 10.9. The molecule has 0 spiro atoms. The van der Waals surface area contributed by atoms with Crippen LogP contribution in [0.2, 0.25) is 5.02 Å². The summed E-state index contributed by atoms with van der Waals surface area (Å²) in [4.78, 5) is 12.2. The number of aromatic nitrogens is 1. The van der Waals surface area contributed by atoms with Gasteiger partial charge in [-0.1, -0.05) is 23.7 Å². The standard InChI is InChI=1S/C16H11ClFNO/c17-13-4-5-15-11(8-13)6-7-19(15)10-16(20)12-2-1-3-14(18)9-12/h1-9H,10H2. The van der Waals surface area contributed by atoms with E-state index in [1.807, 2.05) is 29.0 Å². The molecular formula is C16H11ClFNO. The lowest BCUT2D eigenvalue weighted by Crippen LogP contribution is -2.09. The molecule has 0 amide bonds. The molecule has 2 nitrogen and oxygen atoms in total. The first-order valence-electron chi connectivity index (χ1n) is 6.17. The van der Waals surface area contributed by atoms with Gasteiger partial charge in [-0.3, -0.25) is 4.79 Å². The van der Waals surface area contributed by atoms with Gasteiger partial charge in [0.15, 0.2) is 5.78 Å². The van der Waals surface area contributed by atoms with Gasteiger partial charge >= 0.3 is 0 Å². The first-order chi connectivity index (χ1) is 9.63. The zero-order valence-corrected chi connectivity index (χ0v) is 11.3. The Morgan fingerprint density at radius 2 is 2.00 bits per heavy atom. The average molecular weight is 288 g/mol. The van der Waals surface area contributed by atoms with E-state index in [9.17, 15) is 9.18 Å². The van der Waals surface area contributed by atoms with Crippen LogP contribution in [0.4, 0.5) is 4.39 Å². The third kappa shape index (κ3) is 2.45. The molecule has 0 bridgehead atoms. The topological polar surface area (TPSA) is 22.0 Å². The number of hydrogen-bond donors (Lipinski definition) is 0. The van der Waals surface area contributed by atoms with Crippen molar-refractivity contribution in [2.24, 2.45) is 0 Å². The quantitative estimate of drug-likeness (QED) is 0.658. The monoisotopic (exact) mass is 287 g/mol. The van der Waals surface area contributed by atoms with Gasteiger partial charge in [-0.2, -0.15) is 0 Å². The van der Waals surface area contributed by atoms with Crippen molar-refractivity contribution in [3.8, 4) is 0 Å². The van der Waals surface area contributed by atoms with E-state index in [1.54, 1.807) is 12.1 Å². The zero-order chi connectivity index (χ0) is 14.1. The maximum absolute atomic E-state index is 13.1. The average Bonchev–Trinajstić information content (AvgIpc) is 2.81. The summed E-state index contributed by atoms with van der Waals surface area (Å²) in [6, 6.07) is 13.1. The van der Waals surface area contributed by atoms with Gasteiger partial charge in [0, 0.05) is 27.7 Å². The summed E-state index contributed by atoms with van der Waals surface area (Å²) in [6.07, 6.45) is 1.83. The van der Waals surface area contributed by atoms with Crippen LogP contribution in [-0.2, 0) is 6.54 Å². The minimum atomic E-state index is -0.403.